The minimum Gasteiger partial charge on any atom is -0.508 e. The molecule has 3 aromatic carbocycles. The maximum Gasteiger partial charge on any atom is 0.408 e. The van der Waals surface area contributed by atoms with Gasteiger partial charge >= 0.3 is 12.1 Å². The number of thioether (sulfide) groups is 1. The molecule has 1 fully saturated rings. The Labute approximate surface area is 268 Å². The van der Waals surface area contributed by atoms with Crippen LogP contribution in [0.2, 0.25) is 0 Å². The van der Waals surface area contributed by atoms with Gasteiger partial charge in [0, 0.05) is 11.6 Å². The van der Waals surface area contributed by atoms with E-state index in [2.05, 4.69) is 10.6 Å². The van der Waals surface area contributed by atoms with Crippen LogP contribution in [0.3, 0.4) is 0 Å². The van der Waals surface area contributed by atoms with Gasteiger partial charge in [0.15, 0.2) is 0 Å². The fraction of sp³-hybridized carbons (Fsp3) is 0.250. The first kappa shape index (κ1) is 32.0. The SMILES string of the molecule is COc1ccc(COC(=O)NC2C(=O)N3C(C(=O)OCc4ccc(OC)cc4)=CC(NC(=O)Cc4ccc(O)cc4O)S[C@H]23)cc1. The molecule has 46 heavy (non-hydrogen) atoms. The van der Waals surface area contributed by atoms with Gasteiger partial charge in [0.2, 0.25) is 5.91 Å². The van der Waals surface area contributed by atoms with Crippen molar-refractivity contribution in [1.82, 2.24) is 15.5 Å². The first-order valence-electron chi connectivity index (χ1n) is 14.0. The van der Waals surface area contributed by atoms with E-state index in [4.69, 9.17) is 18.9 Å². The molecule has 4 N–H and O–H groups in total. The molecule has 0 radical (unpaired) electrons. The number of aromatic hydroxyl groups is 2. The van der Waals surface area contributed by atoms with Crippen molar-refractivity contribution in [1.29, 1.82) is 0 Å². The van der Waals surface area contributed by atoms with Gasteiger partial charge in [0.05, 0.1) is 26.0 Å². The molecular weight excluding hydrogens is 618 g/mol. The lowest BCUT2D eigenvalue weighted by atomic mass is 10.1. The van der Waals surface area contributed by atoms with Crippen LogP contribution in [0.4, 0.5) is 4.79 Å². The number of fused-ring (bicyclic) bond motifs is 1. The summed E-state index contributed by atoms with van der Waals surface area (Å²) in [5.41, 5.74) is 1.57. The van der Waals surface area contributed by atoms with Crippen LogP contribution in [-0.2, 0) is 43.5 Å². The number of esters is 1. The highest BCUT2D eigenvalue weighted by Crippen LogP contribution is 2.40. The van der Waals surface area contributed by atoms with Gasteiger partial charge in [-0.2, -0.15) is 0 Å². The number of amides is 3. The lowest BCUT2D eigenvalue weighted by Gasteiger charge is -2.49. The quantitative estimate of drug-likeness (QED) is 0.178. The Morgan fingerprint density at radius 2 is 1.46 bits per heavy atom. The second-order valence-electron chi connectivity index (χ2n) is 10.2. The van der Waals surface area contributed by atoms with Crippen molar-refractivity contribution in [3.63, 3.8) is 0 Å². The normalized spacial score (nSPS) is 18.3. The number of phenolic OH excluding ortho intramolecular Hbond substituents is 2. The smallest absolute Gasteiger partial charge is 0.408 e. The summed E-state index contributed by atoms with van der Waals surface area (Å²) in [5.74, 6) is -0.968. The van der Waals surface area contributed by atoms with Gasteiger partial charge < -0.3 is 39.8 Å². The van der Waals surface area contributed by atoms with Crippen LogP contribution >= 0.6 is 11.8 Å². The summed E-state index contributed by atoms with van der Waals surface area (Å²) in [7, 11) is 3.08. The fourth-order valence-electron chi connectivity index (χ4n) is 4.72. The standard InChI is InChI=1S/C32H31N3O10S/c1-42-22-9-3-18(4-10-22)16-44-31(40)24-15-27(33-26(38)13-20-7-8-21(36)14-25(20)37)46-30-28(29(39)35(24)30)34-32(41)45-17-19-5-11-23(43-2)12-6-19/h3-12,14-15,27-28,30,36-37H,13,16-17H2,1-2H3,(H,33,38)(H,34,41)/t27?,28?,30-/m1/s1. The number of carbonyl (C=O) groups is 4. The number of rotatable bonds is 11. The molecule has 5 rings (SSSR count). The summed E-state index contributed by atoms with van der Waals surface area (Å²) in [6.07, 6.45) is 0.347. The average molecular weight is 650 g/mol. The molecule has 0 bridgehead atoms. The van der Waals surface area contributed by atoms with Gasteiger partial charge in [-0.05, 0) is 47.5 Å². The number of phenols is 2. The first-order valence-corrected chi connectivity index (χ1v) is 15.0. The summed E-state index contributed by atoms with van der Waals surface area (Å²) in [4.78, 5) is 53.2. The minimum absolute atomic E-state index is 0.0517. The third-order valence-corrected chi connectivity index (χ3v) is 8.47. The number of hydrogen-bond acceptors (Lipinski definition) is 11. The first-order chi connectivity index (χ1) is 22.1. The summed E-state index contributed by atoms with van der Waals surface area (Å²) in [6.45, 7) is -0.138. The number of carbonyl (C=O) groups excluding carboxylic acids is 4. The maximum absolute atomic E-state index is 13.3. The van der Waals surface area contributed by atoms with E-state index in [1.807, 2.05) is 0 Å². The Kier molecular flexibility index (Phi) is 9.86. The second kappa shape index (κ2) is 14.2. The van der Waals surface area contributed by atoms with Crippen LogP contribution < -0.4 is 20.1 Å². The Morgan fingerprint density at radius 1 is 0.848 bits per heavy atom. The van der Waals surface area contributed by atoms with Crippen LogP contribution in [0.5, 0.6) is 23.0 Å². The summed E-state index contributed by atoms with van der Waals surface area (Å²) in [5, 5.41) is 23.4. The van der Waals surface area contributed by atoms with E-state index < -0.39 is 40.7 Å². The highest BCUT2D eigenvalue weighted by atomic mass is 32.2. The molecule has 3 amide bonds. The van der Waals surface area contributed by atoms with Crippen molar-refractivity contribution < 1.29 is 48.3 Å². The molecule has 2 aliphatic rings. The molecule has 0 spiro atoms. The summed E-state index contributed by atoms with van der Waals surface area (Å²) < 4.78 is 21.1. The molecule has 3 aromatic rings. The van der Waals surface area contributed by atoms with Gasteiger partial charge in [-0.1, -0.05) is 30.3 Å². The Hall–Kier alpha value is -5.37. The molecule has 3 atom stereocenters. The van der Waals surface area contributed by atoms with E-state index in [1.54, 1.807) is 55.6 Å². The van der Waals surface area contributed by atoms with Crippen molar-refractivity contribution in [2.45, 2.75) is 36.4 Å². The lowest BCUT2D eigenvalue weighted by molar-refractivity contribution is -0.152. The maximum atomic E-state index is 13.3. The van der Waals surface area contributed by atoms with E-state index in [0.29, 0.717) is 22.6 Å². The average Bonchev–Trinajstić information content (AvgIpc) is 3.06. The summed E-state index contributed by atoms with van der Waals surface area (Å²) >= 11 is 1.13. The second-order valence-corrected chi connectivity index (χ2v) is 11.5. The molecule has 2 unspecified atom stereocenters. The fourth-order valence-corrected chi connectivity index (χ4v) is 6.10. The van der Waals surface area contributed by atoms with Crippen LogP contribution in [0.1, 0.15) is 16.7 Å². The zero-order valence-electron chi connectivity index (χ0n) is 24.8. The molecule has 14 heteroatoms. The van der Waals surface area contributed by atoms with Crippen molar-refractivity contribution in [3.8, 4) is 23.0 Å². The van der Waals surface area contributed by atoms with Crippen LogP contribution in [0.25, 0.3) is 0 Å². The van der Waals surface area contributed by atoms with Crippen LogP contribution in [0, 0.1) is 0 Å². The molecule has 2 aliphatic heterocycles. The highest BCUT2D eigenvalue weighted by molar-refractivity contribution is 8.00. The number of β-lactam (4-membered cyclic amide) rings is 1. The number of ether oxygens (including phenoxy) is 4. The number of nitrogens with one attached hydrogen (secondary N) is 2. The number of alkyl carbamates (subject to hydrolysis) is 1. The van der Waals surface area contributed by atoms with Gasteiger partial charge in [0.25, 0.3) is 5.91 Å². The largest absolute Gasteiger partial charge is 0.508 e. The third-order valence-electron chi connectivity index (χ3n) is 7.16. The van der Waals surface area contributed by atoms with Crippen molar-refractivity contribution >= 4 is 35.6 Å². The van der Waals surface area contributed by atoms with Crippen molar-refractivity contribution in [2.75, 3.05) is 14.2 Å². The van der Waals surface area contributed by atoms with E-state index in [-0.39, 0.29) is 42.4 Å². The molecule has 0 saturated carbocycles. The minimum atomic E-state index is -1.05. The molecule has 240 valence electrons. The zero-order valence-corrected chi connectivity index (χ0v) is 25.6. The Morgan fingerprint density at radius 3 is 2.04 bits per heavy atom. The zero-order chi connectivity index (χ0) is 32.8. The molecule has 1 saturated heterocycles. The third kappa shape index (κ3) is 7.46. The molecule has 2 heterocycles. The van der Waals surface area contributed by atoms with Gasteiger partial charge in [0.1, 0.15) is 53.3 Å². The van der Waals surface area contributed by atoms with E-state index in [0.717, 1.165) is 17.8 Å². The number of hydrogen-bond donors (Lipinski definition) is 4. The van der Waals surface area contributed by atoms with Crippen molar-refractivity contribution in [2.24, 2.45) is 0 Å². The number of methoxy groups -OCH3 is 2. The predicted molar refractivity (Wildman–Crippen MR) is 165 cm³/mol. The van der Waals surface area contributed by atoms with Crippen LogP contribution in [0.15, 0.2) is 78.5 Å². The highest BCUT2D eigenvalue weighted by Gasteiger charge is 2.55. The Balaban J connectivity index is 1.27. The van der Waals surface area contributed by atoms with E-state index >= 15 is 0 Å². The summed E-state index contributed by atoms with van der Waals surface area (Å²) in [6, 6.07) is 16.6. The lowest BCUT2D eigenvalue weighted by Crippen LogP contribution is -2.71. The van der Waals surface area contributed by atoms with Gasteiger partial charge in [-0.25, -0.2) is 9.59 Å². The molecular formula is C32H31N3O10S. The topological polar surface area (TPSA) is 173 Å². The van der Waals surface area contributed by atoms with Gasteiger partial charge in [-0.3, -0.25) is 14.5 Å². The monoisotopic (exact) mass is 649 g/mol. The number of benzene rings is 3. The number of nitrogens with zero attached hydrogens (tertiary/aromatic N) is 1. The van der Waals surface area contributed by atoms with Gasteiger partial charge in [-0.15, -0.1) is 11.8 Å². The molecule has 0 aliphatic carbocycles. The predicted octanol–water partition coefficient (Wildman–Crippen LogP) is 2.94. The van der Waals surface area contributed by atoms with E-state index in [1.165, 1.54) is 30.2 Å². The Bertz CT molecular complexity index is 1640. The molecule has 0 aromatic heterocycles. The molecule has 13 nitrogen and oxygen atoms in total. The van der Waals surface area contributed by atoms with Crippen LogP contribution in [-0.4, -0.2) is 70.0 Å². The van der Waals surface area contributed by atoms with Crippen molar-refractivity contribution in [3.05, 3.63) is 95.2 Å². The van der Waals surface area contributed by atoms with E-state index in [9.17, 15) is 29.4 Å².